The summed E-state index contributed by atoms with van der Waals surface area (Å²) in [5.41, 5.74) is 1.24. The number of hydrogen-bond donors (Lipinski definition) is 1. The summed E-state index contributed by atoms with van der Waals surface area (Å²) in [5.74, 6) is 1.04. The third kappa shape index (κ3) is 4.28. The summed E-state index contributed by atoms with van der Waals surface area (Å²) in [7, 11) is 2.01. The zero-order chi connectivity index (χ0) is 13.9. The van der Waals surface area contributed by atoms with E-state index in [9.17, 15) is 0 Å². The Hall–Kier alpha value is 0. The van der Waals surface area contributed by atoms with Gasteiger partial charge in [-0.2, -0.15) is 16.9 Å². The molecule has 0 aliphatic carbocycles. The van der Waals surface area contributed by atoms with E-state index in [2.05, 4.69) is 65.6 Å². The highest BCUT2D eigenvalue weighted by molar-refractivity contribution is 9.10. The van der Waals surface area contributed by atoms with Crippen LogP contribution in [-0.4, -0.2) is 27.3 Å². The van der Waals surface area contributed by atoms with E-state index in [1.165, 1.54) is 5.69 Å². The Labute approximate surface area is 123 Å². The van der Waals surface area contributed by atoms with Crippen LogP contribution >= 0.6 is 27.7 Å². The lowest BCUT2D eigenvalue weighted by atomic mass is 10.2. The molecular formula is C13H24BrN3S. The molecule has 1 aromatic heterocycles. The van der Waals surface area contributed by atoms with E-state index in [4.69, 9.17) is 0 Å². The molecule has 1 heterocycles. The van der Waals surface area contributed by atoms with Crippen LogP contribution in [0.15, 0.2) is 10.7 Å². The van der Waals surface area contributed by atoms with E-state index >= 15 is 0 Å². The maximum Gasteiger partial charge on any atom is 0.0707 e. The van der Waals surface area contributed by atoms with Gasteiger partial charge < -0.3 is 5.32 Å². The first-order valence-electron chi connectivity index (χ1n) is 6.30. The van der Waals surface area contributed by atoms with Crippen LogP contribution in [0.2, 0.25) is 0 Å². The molecule has 3 nitrogen and oxygen atoms in total. The lowest BCUT2D eigenvalue weighted by Crippen LogP contribution is -2.25. The molecule has 0 radical (unpaired) electrons. The van der Waals surface area contributed by atoms with Gasteiger partial charge in [-0.05, 0) is 36.8 Å². The molecule has 1 unspecified atom stereocenters. The van der Waals surface area contributed by atoms with Crippen molar-refractivity contribution in [3.63, 3.8) is 0 Å². The van der Waals surface area contributed by atoms with Gasteiger partial charge >= 0.3 is 0 Å². The first-order valence-corrected chi connectivity index (χ1v) is 8.08. The smallest absolute Gasteiger partial charge is 0.0707 e. The summed E-state index contributed by atoms with van der Waals surface area (Å²) in [6.07, 6.45) is 1.89. The normalized spacial score (nSPS) is 14.2. The van der Waals surface area contributed by atoms with Crippen LogP contribution in [0.25, 0.3) is 0 Å². The van der Waals surface area contributed by atoms with Crippen molar-refractivity contribution < 1.29 is 0 Å². The van der Waals surface area contributed by atoms with Crippen LogP contribution in [0.5, 0.6) is 0 Å². The summed E-state index contributed by atoms with van der Waals surface area (Å²) in [4.78, 5) is 0. The Bertz CT molecular complexity index is 382. The molecule has 0 bridgehead atoms. The molecule has 5 heteroatoms. The molecule has 0 saturated carbocycles. The fraction of sp³-hybridized carbons (Fsp3) is 0.769. The predicted molar refractivity (Wildman–Crippen MR) is 84.3 cm³/mol. The number of rotatable bonds is 5. The van der Waals surface area contributed by atoms with E-state index in [0.29, 0.717) is 12.1 Å². The number of nitrogens with one attached hydrogen (secondary N) is 1. The van der Waals surface area contributed by atoms with Gasteiger partial charge in [-0.25, -0.2) is 0 Å². The highest BCUT2D eigenvalue weighted by Gasteiger charge is 2.22. The van der Waals surface area contributed by atoms with Crippen molar-refractivity contribution in [3.8, 4) is 0 Å². The molecule has 1 atom stereocenters. The third-order valence-electron chi connectivity index (χ3n) is 2.64. The van der Waals surface area contributed by atoms with Crippen molar-refractivity contribution in [1.82, 2.24) is 15.1 Å². The molecule has 0 aliphatic rings. The van der Waals surface area contributed by atoms with Crippen molar-refractivity contribution in [2.24, 2.45) is 0 Å². The average molecular weight is 334 g/mol. The van der Waals surface area contributed by atoms with Crippen LogP contribution < -0.4 is 5.32 Å². The minimum Gasteiger partial charge on any atom is -0.311 e. The lowest BCUT2D eigenvalue weighted by Gasteiger charge is -2.24. The van der Waals surface area contributed by atoms with Crippen molar-refractivity contribution in [2.75, 3.05) is 12.8 Å². The fourth-order valence-corrected chi connectivity index (χ4v) is 3.26. The number of halogens is 1. The average Bonchev–Trinajstić information content (AvgIpc) is 2.60. The van der Waals surface area contributed by atoms with Gasteiger partial charge in [0.1, 0.15) is 0 Å². The minimum absolute atomic E-state index is 0.282. The molecule has 18 heavy (non-hydrogen) atoms. The summed E-state index contributed by atoms with van der Waals surface area (Å²) in [6, 6.07) is 0.690. The Morgan fingerprint density at radius 3 is 2.50 bits per heavy atom. The first-order chi connectivity index (χ1) is 8.26. The van der Waals surface area contributed by atoms with Gasteiger partial charge in [-0.15, -0.1) is 0 Å². The molecule has 1 N–H and O–H groups in total. The predicted octanol–water partition coefficient (Wildman–Crippen LogP) is 4.02. The number of aromatic nitrogens is 2. The van der Waals surface area contributed by atoms with Crippen molar-refractivity contribution in [3.05, 3.63) is 16.4 Å². The van der Waals surface area contributed by atoms with Gasteiger partial charge in [0.25, 0.3) is 0 Å². The molecule has 1 rings (SSSR count). The molecule has 0 saturated heterocycles. The van der Waals surface area contributed by atoms with Crippen LogP contribution in [-0.2, 0) is 0 Å². The van der Waals surface area contributed by atoms with Crippen molar-refractivity contribution in [1.29, 1.82) is 0 Å². The summed E-state index contributed by atoms with van der Waals surface area (Å²) < 4.78 is 3.46. The maximum atomic E-state index is 4.45. The minimum atomic E-state index is 0.282. The molecule has 0 aromatic carbocycles. The Morgan fingerprint density at radius 2 is 2.06 bits per heavy atom. The second-order valence-electron chi connectivity index (χ2n) is 5.68. The van der Waals surface area contributed by atoms with Gasteiger partial charge in [0.05, 0.1) is 22.4 Å². The monoisotopic (exact) mass is 333 g/mol. The molecular weight excluding hydrogens is 310 g/mol. The standard InChI is InChI=1S/C13H24BrN3S/c1-9(2)17-12(10(14)7-16-17)11(15-6)8-18-13(3,4)5/h7,9,11,15H,8H2,1-6H3. The van der Waals surface area contributed by atoms with Gasteiger partial charge in [-0.3, -0.25) is 4.68 Å². The zero-order valence-electron chi connectivity index (χ0n) is 12.1. The zero-order valence-corrected chi connectivity index (χ0v) is 14.5. The SMILES string of the molecule is CNC(CSC(C)(C)C)c1c(Br)cnn1C(C)C. The van der Waals surface area contributed by atoms with Crippen molar-refractivity contribution >= 4 is 27.7 Å². The second-order valence-corrected chi connectivity index (χ2v) is 8.38. The summed E-state index contributed by atoms with van der Waals surface area (Å²) in [5, 5.41) is 7.85. The fourth-order valence-electron chi connectivity index (χ4n) is 1.72. The van der Waals surface area contributed by atoms with E-state index in [1.807, 2.05) is 25.0 Å². The number of thioether (sulfide) groups is 1. The van der Waals surface area contributed by atoms with Crippen LogP contribution in [0, 0.1) is 0 Å². The Morgan fingerprint density at radius 1 is 1.44 bits per heavy atom. The molecule has 0 amide bonds. The van der Waals surface area contributed by atoms with Gasteiger partial charge in [0, 0.05) is 16.5 Å². The molecule has 0 spiro atoms. The van der Waals surface area contributed by atoms with E-state index < -0.39 is 0 Å². The second kappa shape index (κ2) is 6.44. The Kier molecular flexibility index (Phi) is 5.74. The third-order valence-corrected chi connectivity index (χ3v) is 4.61. The molecule has 0 aliphatic heterocycles. The highest BCUT2D eigenvalue weighted by atomic mass is 79.9. The largest absolute Gasteiger partial charge is 0.311 e. The van der Waals surface area contributed by atoms with E-state index in [0.717, 1.165) is 10.2 Å². The van der Waals surface area contributed by atoms with Gasteiger partial charge in [-0.1, -0.05) is 20.8 Å². The van der Waals surface area contributed by atoms with Crippen LogP contribution in [0.4, 0.5) is 0 Å². The number of hydrogen-bond acceptors (Lipinski definition) is 3. The Balaban J connectivity index is 2.91. The first kappa shape index (κ1) is 16.1. The summed E-state index contributed by atoms with van der Waals surface area (Å²) >= 11 is 5.58. The van der Waals surface area contributed by atoms with E-state index in [-0.39, 0.29) is 4.75 Å². The molecule has 0 fully saturated rings. The van der Waals surface area contributed by atoms with Gasteiger partial charge in [0.15, 0.2) is 0 Å². The summed E-state index contributed by atoms with van der Waals surface area (Å²) in [6.45, 7) is 11.1. The van der Waals surface area contributed by atoms with Crippen LogP contribution in [0.3, 0.4) is 0 Å². The topological polar surface area (TPSA) is 29.9 Å². The van der Waals surface area contributed by atoms with E-state index in [1.54, 1.807) is 0 Å². The molecule has 104 valence electrons. The number of nitrogens with zero attached hydrogens (tertiary/aromatic N) is 2. The molecule has 1 aromatic rings. The maximum absolute atomic E-state index is 4.45. The lowest BCUT2D eigenvalue weighted by molar-refractivity contribution is 0.476. The quantitative estimate of drug-likeness (QED) is 0.882. The van der Waals surface area contributed by atoms with Crippen molar-refractivity contribution in [2.45, 2.75) is 51.4 Å². The van der Waals surface area contributed by atoms with Crippen LogP contribution in [0.1, 0.15) is 52.4 Å². The highest BCUT2D eigenvalue weighted by Crippen LogP contribution is 2.32. The van der Waals surface area contributed by atoms with Gasteiger partial charge in [0.2, 0.25) is 0 Å².